The average molecular weight is 361 g/mol. The summed E-state index contributed by atoms with van der Waals surface area (Å²) in [6.07, 6.45) is -6.59. The SMILES string of the molecule is C=Cc1ncc(C(F)(F)F)cc1NC(=O)c1ccncc1C(F)(F)F. The summed E-state index contributed by atoms with van der Waals surface area (Å²) in [6, 6.07) is 1.38. The fraction of sp³-hybridized carbons (Fsp3) is 0.133. The third-order valence-electron chi connectivity index (χ3n) is 3.06. The van der Waals surface area contributed by atoms with Gasteiger partial charge < -0.3 is 5.32 Å². The maximum atomic E-state index is 12.9. The molecular weight excluding hydrogens is 352 g/mol. The standard InChI is InChI=1S/C15H9F6N3O/c1-2-11-12(5-8(6-23-11)14(16,17)18)24-13(25)9-3-4-22-7-10(9)15(19,20)21/h2-7H,1H2,(H,24,25). The Morgan fingerprint density at radius 1 is 1.12 bits per heavy atom. The van der Waals surface area contributed by atoms with Crippen molar-refractivity contribution in [2.45, 2.75) is 12.4 Å². The highest BCUT2D eigenvalue weighted by atomic mass is 19.4. The van der Waals surface area contributed by atoms with Crippen LogP contribution in [0.1, 0.15) is 27.2 Å². The molecular formula is C15H9F6N3O. The van der Waals surface area contributed by atoms with E-state index in [1.807, 2.05) is 5.32 Å². The average Bonchev–Trinajstić information content (AvgIpc) is 2.53. The highest BCUT2D eigenvalue weighted by Gasteiger charge is 2.36. The Labute approximate surface area is 137 Å². The van der Waals surface area contributed by atoms with Gasteiger partial charge in [-0.25, -0.2) is 0 Å². The van der Waals surface area contributed by atoms with E-state index in [0.29, 0.717) is 18.5 Å². The summed E-state index contributed by atoms with van der Waals surface area (Å²) in [4.78, 5) is 18.9. The lowest BCUT2D eigenvalue weighted by Gasteiger charge is -2.14. The molecule has 1 amide bonds. The van der Waals surface area contributed by atoms with Gasteiger partial charge >= 0.3 is 12.4 Å². The highest BCUT2D eigenvalue weighted by Crippen LogP contribution is 2.33. The van der Waals surface area contributed by atoms with Crippen molar-refractivity contribution in [3.8, 4) is 0 Å². The molecule has 0 aromatic carbocycles. The number of halogens is 6. The molecule has 0 radical (unpaired) electrons. The number of carbonyl (C=O) groups is 1. The first-order valence-corrected chi connectivity index (χ1v) is 6.56. The van der Waals surface area contributed by atoms with Crippen molar-refractivity contribution in [2.75, 3.05) is 5.32 Å². The van der Waals surface area contributed by atoms with Gasteiger partial charge in [0, 0.05) is 18.6 Å². The van der Waals surface area contributed by atoms with Gasteiger partial charge in [-0.1, -0.05) is 6.58 Å². The molecule has 0 spiro atoms. The van der Waals surface area contributed by atoms with Crippen molar-refractivity contribution in [3.05, 3.63) is 59.7 Å². The molecule has 0 saturated carbocycles. The molecule has 0 aliphatic rings. The molecule has 2 heterocycles. The van der Waals surface area contributed by atoms with Crippen molar-refractivity contribution in [1.29, 1.82) is 0 Å². The Morgan fingerprint density at radius 2 is 1.80 bits per heavy atom. The van der Waals surface area contributed by atoms with Gasteiger partial charge in [0.25, 0.3) is 5.91 Å². The van der Waals surface area contributed by atoms with E-state index in [4.69, 9.17) is 0 Å². The Morgan fingerprint density at radius 3 is 2.36 bits per heavy atom. The van der Waals surface area contributed by atoms with E-state index in [-0.39, 0.29) is 5.69 Å². The molecule has 25 heavy (non-hydrogen) atoms. The van der Waals surface area contributed by atoms with Crippen molar-refractivity contribution in [1.82, 2.24) is 9.97 Å². The third kappa shape index (κ3) is 4.14. The first-order chi connectivity index (χ1) is 11.5. The number of amides is 1. The minimum atomic E-state index is -4.85. The molecule has 1 N–H and O–H groups in total. The van der Waals surface area contributed by atoms with E-state index in [1.165, 1.54) is 0 Å². The lowest BCUT2D eigenvalue weighted by molar-refractivity contribution is -0.138. The molecule has 0 saturated heterocycles. The Kier molecular flexibility index (Phi) is 4.82. The van der Waals surface area contributed by atoms with Crippen LogP contribution in [0.3, 0.4) is 0 Å². The molecule has 2 rings (SSSR count). The van der Waals surface area contributed by atoms with Crippen molar-refractivity contribution >= 4 is 17.7 Å². The number of nitrogens with zero attached hydrogens (tertiary/aromatic N) is 2. The second-order valence-corrected chi connectivity index (χ2v) is 4.73. The summed E-state index contributed by atoms with van der Waals surface area (Å²) in [5.41, 5.74) is -3.80. The zero-order valence-electron chi connectivity index (χ0n) is 12.2. The number of rotatable bonds is 3. The Hall–Kier alpha value is -2.91. The molecule has 0 aliphatic carbocycles. The summed E-state index contributed by atoms with van der Waals surface area (Å²) in [5, 5.41) is 2.00. The van der Waals surface area contributed by atoms with Crippen LogP contribution in [0.15, 0.2) is 37.3 Å². The van der Waals surface area contributed by atoms with Crippen molar-refractivity contribution in [2.24, 2.45) is 0 Å². The van der Waals surface area contributed by atoms with Gasteiger partial charge in [-0.2, -0.15) is 26.3 Å². The smallest absolute Gasteiger partial charge is 0.320 e. The second-order valence-electron chi connectivity index (χ2n) is 4.73. The maximum Gasteiger partial charge on any atom is 0.418 e. The van der Waals surface area contributed by atoms with Crippen molar-refractivity contribution < 1.29 is 31.1 Å². The van der Waals surface area contributed by atoms with Crippen molar-refractivity contribution in [3.63, 3.8) is 0 Å². The molecule has 2 aromatic heterocycles. The molecule has 132 valence electrons. The normalized spacial score (nSPS) is 11.9. The number of alkyl halides is 6. The van der Waals surface area contributed by atoms with Crippen LogP contribution >= 0.6 is 0 Å². The van der Waals surface area contributed by atoms with Gasteiger partial charge in [-0.15, -0.1) is 0 Å². The van der Waals surface area contributed by atoms with Crippen LogP contribution < -0.4 is 5.32 Å². The summed E-state index contributed by atoms with van der Waals surface area (Å²) < 4.78 is 77.0. The minimum Gasteiger partial charge on any atom is -0.320 e. The molecule has 0 fully saturated rings. The van der Waals surface area contributed by atoms with Gasteiger partial charge in [0.15, 0.2) is 0 Å². The lowest BCUT2D eigenvalue weighted by Crippen LogP contribution is -2.20. The molecule has 0 unspecified atom stereocenters. The van der Waals surface area contributed by atoms with Gasteiger partial charge in [0.2, 0.25) is 0 Å². The molecule has 0 atom stereocenters. The first-order valence-electron chi connectivity index (χ1n) is 6.56. The van der Waals surface area contributed by atoms with E-state index in [9.17, 15) is 31.1 Å². The van der Waals surface area contributed by atoms with Gasteiger partial charge in [-0.05, 0) is 18.2 Å². The molecule has 0 bridgehead atoms. The van der Waals surface area contributed by atoms with Crippen LogP contribution in [0.2, 0.25) is 0 Å². The maximum absolute atomic E-state index is 12.9. The number of anilines is 1. The van der Waals surface area contributed by atoms with Crippen LogP contribution in [-0.2, 0) is 12.4 Å². The summed E-state index contributed by atoms with van der Waals surface area (Å²) in [5.74, 6) is -1.25. The fourth-order valence-corrected chi connectivity index (χ4v) is 1.90. The lowest BCUT2D eigenvalue weighted by atomic mass is 10.1. The number of hydrogen-bond donors (Lipinski definition) is 1. The van der Waals surface area contributed by atoms with Crippen LogP contribution in [0.4, 0.5) is 32.0 Å². The van der Waals surface area contributed by atoms with Gasteiger partial charge in [0.1, 0.15) is 0 Å². The number of nitrogens with one attached hydrogen (secondary N) is 1. The summed E-state index contributed by atoms with van der Waals surface area (Å²) >= 11 is 0. The summed E-state index contributed by atoms with van der Waals surface area (Å²) in [7, 11) is 0. The van der Waals surface area contributed by atoms with Crippen LogP contribution in [0, 0.1) is 0 Å². The predicted molar refractivity (Wildman–Crippen MR) is 76.5 cm³/mol. The van der Waals surface area contributed by atoms with E-state index < -0.39 is 40.6 Å². The first kappa shape index (κ1) is 18.4. The monoisotopic (exact) mass is 361 g/mol. The Balaban J connectivity index is 2.44. The molecule has 4 nitrogen and oxygen atoms in total. The van der Waals surface area contributed by atoms with Crippen LogP contribution in [0.25, 0.3) is 6.08 Å². The largest absolute Gasteiger partial charge is 0.418 e. The minimum absolute atomic E-state index is 0.121. The van der Waals surface area contributed by atoms with Crippen LogP contribution in [0.5, 0.6) is 0 Å². The van der Waals surface area contributed by atoms with E-state index >= 15 is 0 Å². The second kappa shape index (κ2) is 6.54. The van der Waals surface area contributed by atoms with E-state index in [0.717, 1.165) is 18.3 Å². The number of carbonyl (C=O) groups excluding carboxylic acids is 1. The highest BCUT2D eigenvalue weighted by molar-refractivity contribution is 6.06. The molecule has 0 aliphatic heterocycles. The predicted octanol–water partition coefficient (Wildman–Crippen LogP) is 4.41. The molecule has 10 heteroatoms. The fourth-order valence-electron chi connectivity index (χ4n) is 1.90. The van der Waals surface area contributed by atoms with E-state index in [2.05, 4.69) is 16.5 Å². The third-order valence-corrected chi connectivity index (χ3v) is 3.06. The quantitative estimate of drug-likeness (QED) is 0.824. The molecule has 2 aromatic rings. The number of pyridine rings is 2. The number of aromatic nitrogens is 2. The Bertz CT molecular complexity index is 814. The topological polar surface area (TPSA) is 54.9 Å². The summed E-state index contributed by atoms with van der Waals surface area (Å²) in [6.45, 7) is 3.34. The van der Waals surface area contributed by atoms with Crippen LogP contribution in [-0.4, -0.2) is 15.9 Å². The van der Waals surface area contributed by atoms with Gasteiger partial charge in [0.05, 0.1) is 28.1 Å². The van der Waals surface area contributed by atoms with E-state index in [1.54, 1.807) is 0 Å². The number of hydrogen-bond acceptors (Lipinski definition) is 3. The zero-order valence-corrected chi connectivity index (χ0v) is 12.2. The zero-order chi connectivity index (χ0) is 18.8. The van der Waals surface area contributed by atoms with Gasteiger partial charge in [-0.3, -0.25) is 14.8 Å².